The van der Waals surface area contributed by atoms with Crippen molar-refractivity contribution in [3.05, 3.63) is 12.7 Å². The van der Waals surface area contributed by atoms with E-state index in [0.29, 0.717) is 6.54 Å². The van der Waals surface area contributed by atoms with Crippen LogP contribution in [0.1, 0.15) is 6.92 Å². The Kier molecular flexibility index (Phi) is 6.38. The van der Waals surface area contributed by atoms with Gasteiger partial charge in [0.25, 0.3) is 0 Å². The lowest BCUT2D eigenvalue weighted by molar-refractivity contribution is 0.182. The molecule has 0 aliphatic carbocycles. The van der Waals surface area contributed by atoms with E-state index in [1.165, 1.54) is 0 Å². The third-order valence-corrected chi connectivity index (χ3v) is 1.63. The molecule has 0 saturated heterocycles. The van der Waals surface area contributed by atoms with E-state index < -0.39 is 0 Å². The Bertz CT molecular complexity index is 155. The summed E-state index contributed by atoms with van der Waals surface area (Å²) < 4.78 is 4.95. The third kappa shape index (κ3) is 4.91. The Labute approximate surface area is 74.7 Å². The zero-order valence-corrected chi connectivity index (χ0v) is 8.21. The zero-order valence-electron chi connectivity index (χ0n) is 8.21. The average molecular weight is 170 g/mol. The Hall–Kier alpha value is -0.830. The van der Waals surface area contributed by atoms with Gasteiger partial charge in [0.05, 0.1) is 19.0 Å². The molecule has 0 radical (unpaired) electrons. The largest absolute Gasteiger partial charge is 0.383 e. The van der Waals surface area contributed by atoms with E-state index in [1.54, 1.807) is 13.2 Å². The highest BCUT2D eigenvalue weighted by atomic mass is 16.5. The Balaban J connectivity index is 3.73. The van der Waals surface area contributed by atoms with Gasteiger partial charge in [-0.05, 0) is 6.92 Å². The molecule has 0 bridgehead atoms. The van der Waals surface area contributed by atoms with Gasteiger partial charge in [-0.2, -0.15) is 0 Å². The standard InChI is InChI=1S/C9H18N2O/c1-5-6-10-9(2)11(3)7-8-12-4/h5H,1,6-8H2,2-4H3. The fraction of sp³-hybridized carbons (Fsp3) is 0.667. The summed E-state index contributed by atoms with van der Waals surface area (Å²) in [6.45, 7) is 7.88. The van der Waals surface area contributed by atoms with Gasteiger partial charge in [-0.3, -0.25) is 4.99 Å². The van der Waals surface area contributed by atoms with Gasteiger partial charge in [0.2, 0.25) is 0 Å². The summed E-state index contributed by atoms with van der Waals surface area (Å²) in [6.07, 6.45) is 1.79. The minimum Gasteiger partial charge on any atom is -0.383 e. The highest BCUT2D eigenvalue weighted by molar-refractivity contribution is 5.79. The fourth-order valence-corrected chi connectivity index (χ4v) is 0.707. The van der Waals surface area contributed by atoms with Crippen LogP contribution in [0.2, 0.25) is 0 Å². The summed E-state index contributed by atoms with van der Waals surface area (Å²) in [5.74, 6) is 1.02. The number of methoxy groups -OCH3 is 1. The van der Waals surface area contributed by atoms with Crippen molar-refractivity contribution in [1.82, 2.24) is 4.90 Å². The van der Waals surface area contributed by atoms with Gasteiger partial charge in [0, 0.05) is 20.7 Å². The summed E-state index contributed by atoms with van der Waals surface area (Å²) in [5.41, 5.74) is 0. The molecular weight excluding hydrogens is 152 g/mol. The molecule has 0 aromatic rings. The second-order valence-corrected chi connectivity index (χ2v) is 2.59. The molecule has 70 valence electrons. The van der Waals surface area contributed by atoms with Crippen molar-refractivity contribution >= 4 is 5.84 Å². The summed E-state index contributed by atoms with van der Waals surface area (Å²) in [7, 11) is 3.70. The first kappa shape index (κ1) is 11.2. The zero-order chi connectivity index (χ0) is 9.40. The molecule has 3 nitrogen and oxygen atoms in total. The SMILES string of the molecule is C=CCN=C(C)N(C)CCOC. The molecule has 0 spiro atoms. The van der Waals surface area contributed by atoms with E-state index in [4.69, 9.17) is 4.74 Å². The van der Waals surface area contributed by atoms with Gasteiger partial charge in [-0.1, -0.05) is 6.08 Å². The van der Waals surface area contributed by atoms with Crippen LogP contribution in [0.4, 0.5) is 0 Å². The van der Waals surface area contributed by atoms with Gasteiger partial charge in [-0.25, -0.2) is 0 Å². The van der Waals surface area contributed by atoms with Crippen LogP contribution in [-0.2, 0) is 4.74 Å². The van der Waals surface area contributed by atoms with Crippen LogP contribution in [-0.4, -0.2) is 44.6 Å². The van der Waals surface area contributed by atoms with Gasteiger partial charge >= 0.3 is 0 Å². The van der Waals surface area contributed by atoms with E-state index in [2.05, 4.69) is 16.5 Å². The number of ether oxygens (including phenoxy) is 1. The Morgan fingerprint density at radius 3 is 2.83 bits per heavy atom. The molecule has 0 N–H and O–H groups in total. The summed E-state index contributed by atoms with van der Waals surface area (Å²) in [6, 6.07) is 0. The molecule has 0 amide bonds. The maximum Gasteiger partial charge on any atom is 0.0959 e. The summed E-state index contributed by atoms with van der Waals surface area (Å²) >= 11 is 0. The normalized spacial score (nSPS) is 11.4. The van der Waals surface area contributed by atoms with Gasteiger partial charge in [0.1, 0.15) is 0 Å². The molecule has 3 heteroatoms. The van der Waals surface area contributed by atoms with E-state index in [-0.39, 0.29) is 0 Å². The molecule has 0 rings (SSSR count). The molecular formula is C9H18N2O. The van der Waals surface area contributed by atoms with E-state index in [1.807, 2.05) is 14.0 Å². The maximum absolute atomic E-state index is 4.95. The highest BCUT2D eigenvalue weighted by Crippen LogP contribution is 1.87. The van der Waals surface area contributed by atoms with Gasteiger partial charge < -0.3 is 9.64 Å². The van der Waals surface area contributed by atoms with Crippen molar-refractivity contribution in [2.75, 3.05) is 33.9 Å². The molecule has 0 saturated carbocycles. The first-order chi connectivity index (χ1) is 5.72. The van der Waals surface area contributed by atoms with E-state index in [0.717, 1.165) is 19.0 Å². The summed E-state index contributed by atoms with van der Waals surface area (Å²) in [4.78, 5) is 6.33. The quantitative estimate of drug-likeness (QED) is 0.351. The number of rotatable bonds is 5. The molecule has 0 aliphatic rings. The lowest BCUT2D eigenvalue weighted by Gasteiger charge is -2.17. The number of hydrogen-bond donors (Lipinski definition) is 0. The number of amidine groups is 1. The number of aliphatic imine (C=N–C) groups is 1. The van der Waals surface area contributed by atoms with Crippen molar-refractivity contribution in [2.24, 2.45) is 4.99 Å². The average Bonchev–Trinajstić information content (AvgIpc) is 2.10. The van der Waals surface area contributed by atoms with E-state index in [9.17, 15) is 0 Å². The molecule has 0 aliphatic heterocycles. The maximum atomic E-state index is 4.95. The second kappa shape index (κ2) is 6.85. The molecule has 12 heavy (non-hydrogen) atoms. The lowest BCUT2D eigenvalue weighted by Crippen LogP contribution is -2.27. The lowest BCUT2D eigenvalue weighted by atomic mass is 10.5. The van der Waals surface area contributed by atoms with Crippen LogP contribution in [0.25, 0.3) is 0 Å². The third-order valence-electron chi connectivity index (χ3n) is 1.63. The molecule has 0 aromatic heterocycles. The molecule has 0 heterocycles. The van der Waals surface area contributed by atoms with Crippen LogP contribution in [0.3, 0.4) is 0 Å². The minimum atomic E-state index is 0.684. The topological polar surface area (TPSA) is 24.8 Å². The van der Waals surface area contributed by atoms with Crippen molar-refractivity contribution in [3.63, 3.8) is 0 Å². The Morgan fingerprint density at radius 2 is 2.33 bits per heavy atom. The summed E-state index contributed by atoms with van der Waals surface area (Å²) in [5, 5.41) is 0. The minimum absolute atomic E-state index is 0.684. The smallest absolute Gasteiger partial charge is 0.0959 e. The van der Waals surface area contributed by atoms with Crippen LogP contribution >= 0.6 is 0 Å². The monoisotopic (exact) mass is 170 g/mol. The van der Waals surface area contributed by atoms with Crippen LogP contribution in [0.5, 0.6) is 0 Å². The predicted octanol–water partition coefficient (Wildman–Crippen LogP) is 1.17. The number of hydrogen-bond acceptors (Lipinski definition) is 2. The molecule has 0 aromatic carbocycles. The van der Waals surface area contributed by atoms with Crippen LogP contribution < -0.4 is 0 Å². The van der Waals surface area contributed by atoms with Crippen molar-refractivity contribution in [2.45, 2.75) is 6.92 Å². The first-order valence-electron chi connectivity index (χ1n) is 4.04. The highest BCUT2D eigenvalue weighted by Gasteiger charge is 1.97. The van der Waals surface area contributed by atoms with Crippen molar-refractivity contribution < 1.29 is 4.74 Å². The van der Waals surface area contributed by atoms with Crippen molar-refractivity contribution in [1.29, 1.82) is 0 Å². The van der Waals surface area contributed by atoms with E-state index >= 15 is 0 Å². The van der Waals surface area contributed by atoms with Crippen molar-refractivity contribution in [3.8, 4) is 0 Å². The van der Waals surface area contributed by atoms with Crippen LogP contribution in [0, 0.1) is 0 Å². The second-order valence-electron chi connectivity index (χ2n) is 2.59. The molecule has 0 atom stereocenters. The van der Waals surface area contributed by atoms with Gasteiger partial charge in [-0.15, -0.1) is 6.58 Å². The number of likely N-dealkylation sites (N-methyl/N-ethyl adjacent to an activating group) is 1. The van der Waals surface area contributed by atoms with Crippen LogP contribution in [0.15, 0.2) is 17.6 Å². The molecule has 0 fully saturated rings. The Morgan fingerprint density at radius 1 is 1.67 bits per heavy atom. The first-order valence-corrected chi connectivity index (χ1v) is 4.04. The molecule has 0 unspecified atom stereocenters. The fourth-order valence-electron chi connectivity index (χ4n) is 0.707. The number of nitrogens with zero attached hydrogens (tertiary/aromatic N) is 2. The predicted molar refractivity (Wildman–Crippen MR) is 52.7 cm³/mol. The van der Waals surface area contributed by atoms with Gasteiger partial charge in [0.15, 0.2) is 0 Å².